The van der Waals surface area contributed by atoms with E-state index in [9.17, 15) is 0 Å². The Morgan fingerprint density at radius 2 is 2.38 bits per heavy atom. The lowest BCUT2D eigenvalue weighted by Crippen LogP contribution is -2.14. The molecule has 0 spiro atoms. The highest BCUT2D eigenvalue weighted by Crippen LogP contribution is 2.30. The average Bonchev–Trinajstić information content (AvgIpc) is 2.58. The Labute approximate surface area is 77.7 Å². The molecule has 1 N–H and O–H groups in total. The molecule has 70 valence electrons. The zero-order chi connectivity index (χ0) is 9.26. The Morgan fingerprint density at radius 1 is 1.54 bits per heavy atom. The zero-order valence-corrected chi connectivity index (χ0v) is 7.83. The van der Waals surface area contributed by atoms with E-state index in [1.165, 1.54) is 5.56 Å². The lowest BCUT2D eigenvalue weighted by atomic mass is 10.1. The molecule has 0 fully saturated rings. The summed E-state index contributed by atoms with van der Waals surface area (Å²) in [6, 6.07) is 6.06. The molecule has 2 rings (SSSR count). The topological polar surface area (TPSA) is 30.5 Å². The third kappa shape index (κ3) is 1.47. The van der Waals surface area contributed by atoms with Crippen LogP contribution in [0.15, 0.2) is 18.2 Å². The molecule has 13 heavy (non-hydrogen) atoms. The predicted molar refractivity (Wildman–Crippen MR) is 51.1 cm³/mol. The van der Waals surface area contributed by atoms with E-state index in [0.717, 1.165) is 17.9 Å². The monoisotopic (exact) mass is 179 g/mol. The highest BCUT2D eigenvalue weighted by atomic mass is 16.7. The van der Waals surface area contributed by atoms with Gasteiger partial charge >= 0.3 is 0 Å². The molecule has 0 radical (unpaired) electrons. The first kappa shape index (κ1) is 8.38. The molecule has 1 heterocycles. The van der Waals surface area contributed by atoms with Crippen LogP contribution in [-0.4, -0.2) is 20.4 Å². The van der Waals surface area contributed by atoms with E-state index in [1.807, 2.05) is 19.2 Å². The van der Waals surface area contributed by atoms with E-state index in [1.54, 1.807) is 7.11 Å². The van der Waals surface area contributed by atoms with Gasteiger partial charge in [-0.15, -0.1) is 0 Å². The second-order valence-corrected chi connectivity index (χ2v) is 3.06. The first-order valence-corrected chi connectivity index (χ1v) is 4.33. The van der Waals surface area contributed by atoms with Crippen molar-refractivity contribution in [1.82, 2.24) is 0 Å². The van der Waals surface area contributed by atoms with Gasteiger partial charge in [0.15, 0.2) is 0 Å². The number of ether oxygens (including phenoxy) is 2. The molecule has 1 aromatic rings. The highest BCUT2D eigenvalue weighted by molar-refractivity contribution is 5.52. The number of fused-ring (bicyclic) bond motifs is 1. The molecule has 1 aliphatic heterocycles. The first-order chi connectivity index (χ1) is 6.33. The van der Waals surface area contributed by atoms with Crippen LogP contribution in [-0.2, 0) is 11.2 Å². The van der Waals surface area contributed by atoms with Crippen LogP contribution in [0.5, 0.6) is 5.75 Å². The quantitative estimate of drug-likeness (QED) is 0.748. The fourth-order valence-corrected chi connectivity index (χ4v) is 1.50. The minimum Gasteiger partial charge on any atom is -0.464 e. The van der Waals surface area contributed by atoms with Crippen molar-refractivity contribution in [1.29, 1.82) is 0 Å². The van der Waals surface area contributed by atoms with E-state index in [0.29, 0.717) is 0 Å². The molecule has 1 unspecified atom stereocenters. The van der Waals surface area contributed by atoms with Crippen LogP contribution >= 0.6 is 0 Å². The van der Waals surface area contributed by atoms with Gasteiger partial charge in [0.05, 0.1) is 0 Å². The average molecular weight is 179 g/mol. The maximum absolute atomic E-state index is 5.51. The molecule has 0 bridgehead atoms. The molecule has 0 aromatic heterocycles. The van der Waals surface area contributed by atoms with Gasteiger partial charge in [0.1, 0.15) is 5.75 Å². The van der Waals surface area contributed by atoms with Gasteiger partial charge in [-0.25, -0.2) is 0 Å². The Bertz CT molecular complexity index is 312. The fraction of sp³-hybridized carbons (Fsp3) is 0.400. The van der Waals surface area contributed by atoms with Crippen LogP contribution in [0.4, 0.5) is 5.69 Å². The second kappa shape index (κ2) is 3.26. The van der Waals surface area contributed by atoms with Gasteiger partial charge in [0.2, 0.25) is 6.29 Å². The molecule has 3 heteroatoms. The van der Waals surface area contributed by atoms with Crippen molar-refractivity contribution in [3.63, 3.8) is 0 Å². The fourth-order valence-electron chi connectivity index (χ4n) is 1.50. The molecular weight excluding hydrogens is 166 g/mol. The van der Waals surface area contributed by atoms with E-state index >= 15 is 0 Å². The minimum atomic E-state index is -0.109. The summed E-state index contributed by atoms with van der Waals surface area (Å²) in [6.07, 6.45) is 0.726. The number of rotatable bonds is 2. The Kier molecular flexibility index (Phi) is 2.10. The third-order valence-electron chi connectivity index (χ3n) is 2.26. The SMILES string of the molecule is CNc1ccc2c(c1)CC(OC)O2. The summed E-state index contributed by atoms with van der Waals surface area (Å²) in [7, 11) is 3.57. The smallest absolute Gasteiger partial charge is 0.203 e. The summed E-state index contributed by atoms with van der Waals surface area (Å²) >= 11 is 0. The van der Waals surface area contributed by atoms with E-state index in [2.05, 4.69) is 11.4 Å². The Morgan fingerprint density at radius 3 is 3.08 bits per heavy atom. The molecule has 0 saturated heterocycles. The number of anilines is 1. The number of nitrogens with one attached hydrogen (secondary N) is 1. The third-order valence-corrected chi connectivity index (χ3v) is 2.26. The molecule has 0 aliphatic carbocycles. The largest absolute Gasteiger partial charge is 0.464 e. The van der Waals surface area contributed by atoms with Crippen LogP contribution in [0.1, 0.15) is 5.56 Å². The van der Waals surface area contributed by atoms with Crippen molar-refractivity contribution in [2.75, 3.05) is 19.5 Å². The van der Waals surface area contributed by atoms with Crippen molar-refractivity contribution in [2.45, 2.75) is 12.7 Å². The van der Waals surface area contributed by atoms with Crippen LogP contribution in [0, 0.1) is 0 Å². The van der Waals surface area contributed by atoms with E-state index in [4.69, 9.17) is 9.47 Å². The molecule has 1 aliphatic rings. The summed E-state index contributed by atoms with van der Waals surface area (Å²) < 4.78 is 10.6. The van der Waals surface area contributed by atoms with Gasteiger partial charge in [0.25, 0.3) is 0 Å². The molecule has 1 aromatic carbocycles. The lowest BCUT2D eigenvalue weighted by Gasteiger charge is -2.06. The van der Waals surface area contributed by atoms with Gasteiger partial charge in [-0.2, -0.15) is 0 Å². The number of hydrogen-bond donors (Lipinski definition) is 1. The molecule has 0 amide bonds. The summed E-state index contributed by atoms with van der Waals surface area (Å²) in [4.78, 5) is 0. The Hall–Kier alpha value is -1.22. The van der Waals surface area contributed by atoms with E-state index in [-0.39, 0.29) is 6.29 Å². The van der Waals surface area contributed by atoms with Crippen LogP contribution < -0.4 is 10.1 Å². The van der Waals surface area contributed by atoms with Gasteiger partial charge in [-0.1, -0.05) is 0 Å². The minimum absolute atomic E-state index is 0.109. The lowest BCUT2D eigenvalue weighted by molar-refractivity contribution is -0.0367. The van der Waals surface area contributed by atoms with Gasteiger partial charge in [-0.05, 0) is 18.2 Å². The summed E-state index contributed by atoms with van der Waals surface area (Å²) in [6.45, 7) is 0. The summed E-state index contributed by atoms with van der Waals surface area (Å²) in [5.41, 5.74) is 2.32. The first-order valence-electron chi connectivity index (χ1n) is 4.33. The van der Waals surface area contributed by atoms with Crippen molar-refractivity contribution in [2.24, 2.45) is 0 Å². The number of methoxy groups -OCH3 is 1. The maximum Gasteiger partial charge on any atom is 0.203 e. The standard InChI is InChI=1S/C10H13NO2/c1-11-8-3-4-9-7(5-8)6-10(12-2)13-9/h3-5,10-11H,6H2,1-2H3. The molecule has 0 saturated carbocycles. The predicted octanol–water partition coefficient (Wildman–Crippen LogP) is 1.64. The van der Waals surface area contributed by atoms with Crippen molar-refractivity contribution in [3.05, 3.63) is 23.8 Å². The Balaban J connectivity index is 2.25. The van der Waals surface area contributed by atoms with Crippen LogP contribution in [0.2, 0.25) is 0 Å². The van der Waals surface area contributed by atoms with Gasteiger partial charge in [0, 0.05) is 31.8 Å². The molecule has 3 nitrogen and oxygen atoms in total. The van der Waals surface area contributed by atoms with Crippen molar-refractivity contribution >= 4 is 5.69 Å². The van der Waals surface area contributed by atoms with Gasteiger partial charge in [-0.3, -0.25) is 0 Å². The highest BCUT2D eigenvalue weighted by Gasteiger charge is 2.21. The number of hydrogen-bond acceptors (Lipinski definition) is 3. The zero-order valence-electron chi connectivity index (χ0n) is 7.83. The van der Waals surface area contributed by atoms with Crippen molar-refractivity contribution < 1.29 is 9.47 Å². The summed E-state index contributed by atoms with van der Waals surface area (Å²) in [5, 5.41) is 3.09. The van der Waals surface area contributed by atoms with Crippen LogP contribution in [0.25, 0.3) is 0 Å². The maximum atomic E-state index is 5.51. The van der Waals surface area contributed by atoms with Crippen molar-refractivity contribution in [3.8, 4) is 5.75 Å². The molecule has 1 atom stereocenters. The van der Waals surface area contributed by atoms with E-state index < -0.39 is 0 Å². The second-order valence-electron chi connectivity index (χ2n) is 3.06. The van der Waals surface area contributed by atoms with Gasteiger partial charge < -0.3 is 14.8 Å². The molecular formula is C10H13NO2. The summed E-state index contributed by atoms with van der Waals surface area (Å²) in [5.74, 6) is 0.936. The normalized spacial score (nSPS) is 19.4. The number of benzene rings is 1. The van der Waals surface area contributed by atoms with Crippen LogP contribution in [0.3, 0.4) is 0 Å².